The summed E-state index contributed by atoms with van der Waals surface area (Å²) in [7, 11) is 0. The van der Waals surface area contributed by atoms with Crippen LogP contribution in [0, 0.1) is 5.92 Å². The van der Waals surface area contributed by atoms with E-state index in [0.717, 1.165) is 67.7 Å². The molecule has 10 heteroatoms. The number of allylic oxidation sites excluding steroid dienone is 1. The van der Waals surface area contributed by atoms with Gasteiger partial charge in [-0.25, -0.2) is 9.80 Å². The number of carbonyl (C=O) groups is 1. The molecule has 6 rings (SSSR count). The average Bonchev–Trinajstić information content (AvgIpc) is 3.55. The topological polar surface area (TPSA) is 65.5 Å². The normalized spacial score (nSPS) is 22.1. The fourth-order valence-corrected chi connectivity index (χ4v) is 6.59. The van der Waals surface area contributed by atoms with Crippen molar-refractivity contribution < 1.29 is 32.5 Å². The molecule has 0 bridgehead atoms. The third kappa shape index (κ3) is 5.67. The largest absolute Gasteiger partial charge is 0.493 e. The van der Waals surface area contributed by atoms with Crippen LogP contribution >= 0.6 is 0 Å². The maximum atomic E-state index is 13.2. The maximum Gasteiger partial charge on any atom is 0.426 e. The number of alkyl halides is 3. The Morgan fingerprint density at radius 3 is 2.74 bits per heavy atom. The molecular formula is C33H36F3N3O4. The van der Waals surface area contributed by atoms with Gasteiger partial charge < -0.3 is 19.5 Å². The summed E-state index contributed by atoms with van der Waals surface area (Å²) in [6, 6.07) is 8.64. The van der Waals surface area contributed by atoms with Crippen LogP contribution in [0.15, 0.2) is 82.6 Å². The second-order valence-corrected chi connectivity index (χ2v) is 11.7. The van der Waals surface area contributed by atoms with Crippen LogP contribution in [0.5, 0.6) is 5.75 Å². The fraction of sp³-hybridized carbons (Fsp3) is 0.424. The number of benzene rings is 2. The van der Waals surface area contributed by atoms with E-state index in [9.17, 15) is 23.1 Å². The van der Waals surface area contributed by atoms with Crippen LogP contribution in [-0.4, -0.2) is 58.9 Å². The lowest BCUT2D eigenvalue weighted by molar-refractivity contribution is -0.137. The average molecular weight is 596 g/mol. The smallest absolute Gasteiger partial charge is 0.426 e. The number of carboxylic acid groups (broad SMARTS) is 1. The van der Waals surface area contributed by atoms with Crippen LogP contribution in [0.25, 0.3) is 10.8 Å². The third-order valence-electron chi connectivity index (χ3n) is 8.94. The van der Waals surface area contributed by atoms with E-state index in [-0.39, 0.29) is 13.2 Å². The van der Waals surface area contributed by atoms with Crippen LogP contribution in [0.3, 0.4) is 0 Å². The zero-order valence-electron chi connectivity index (χ0n) is 24.4. The molecule has 3 heterocycles. The molecule has 2 aromatic rings. The molecule has 0 saturated carbocycles. The molecule has 0 radical (unpaired) electrons. The Morgan fingerprint density at radius 1 is 1.12 bits per heavy atom. The second kappa shape index (κ2) is 11.5. The van der Waals surface area contributed by atoms with E-state index in [4.69, 9.17) is 9.47 Å². The lowest BCUT2D eigenvalue weighted by Gasteiger charge is -2.30. The van der Waals surface area contributed by atoms with Crippen LogP contribution < -0.4 is 4.74 Å². The Balaban J connectivity index is 1.26. The molecule has 1 N–H and O–H groups in total. The van der Waals surface area contributed by atoms with E-state index in [2.05, 4.69) is 18.7 Å². The maximum absolute atomic E-state index is 13.2. The molecule has 1 amide bonds. The highest BCUT2D eigenvalue weighted by atomic mass is 19.4. The molecule has 1 saturated heterocycles. The molecule has 2 aromatic carbocycles. The highest BCUT2D eigenvalue weighted by molar-refractivity contribution is 5.89. The van der Waals surface area contributed by atoms with Crippen LogP contribution in [0.2, 0.25) is 0 Å². The molecule has 1 unspecified atom stereocenters. The second-order valence-electron chi connectivity index (χ2n) is 11.7. The van der Waals surface area contributed by atoms with E-state index in [1.54, 1.807) is 35.7 Å². The van der Waals surface area contributed by atoms with Gasteiger partial charge in [-0.3, -0.25) is 5.01 Å². The van der Waals surface area contributed by atoms with Gasteiger partial charge in [0, 0.05) is 42.7 Å². The van der Waals surface area contributed by atoms with Crippen LogP contribution in [0.1, 0.15) is 51.5 Å². The van der Waals surface area contributed by atoms with Crippen molar-refractivity contribution in [2.75, 3.05) is 32.8 Å². The standard InChI is InChI=1S/C33H36F3N3O4/c1-21-17-37-14-12-23-6-3-8-27(31(23)37)28-18-39(32(40)41)38(29(28)20-42-19-22(21)2)13-5-15-43-30-9-4-7-24-16-25(33(34,35)36)10-11-26(24)30/h4,7,9-11,16,19-21H,3,5-6,8,12-15,17-18H2,1-2H3,(H,40,41)/b22-19-,28-27?,29-20?. The Labute approximate surface area is 249 Å². The molecule has 43 heavy (non-hydrogen) atoms. The minimum atomic E-state index is -4.42. The fourth-order valence-electron chi connectivity index (χ4n) is 6.59. The van der Waals surface area contributed by atoms with E-state index >= 15 is 0 Å². The number of hydrogen-bond donors (Lipinski definition) is 1. The lowest BCUT2D eigenvalue weighted by atomic mass is 9.88. The Kier molecular flexibility index (Phi) is 7.79. The van der Waals surface area contributed by atoms with E-state index < -0.39 is 17.8 Å². The zero-order valence-corrected chi connectivity index (χ0v) is 24.4. The van der Waals surface area contributed by atoms with Crippen molar-refractivity contribution in [3.05, 3.63) is 88.2 Å². The van der Waals surface area contributed by atoms with Crippen molar-refractivity contribution in [2.24, 2.45) is 5.92 Å². The van der Waals surface area contributed by atoms with Gasteiger partial charge in [-0.2, -0.15) is 13.2 Å². The molecule has 1 aliphatic carbocycles. The summed E-state index contributed by atoms with van der Waals surface area (Å²) in [5.74, 6) is 0.801. The number of hydrogen-bond acceptors (Lipinski definition) is 5. The minimum Gasteiger partial charge on any atom is -0.493 e. The summed E-state index contributed by atoms with van der Waals surface area (Å²) in [6.07, 6.45) is 2.51. The third-order valence-corrected chi connectivity index (χ3v) is 8.94. The summed E-state index contributed by atoms with van der Waals surface area (Å²) in [5.41, 5.74) is 6.13. The summed E-state index contributed by atoms with van der Waals surface area (Å²) in [4.78, 5) is 14.9. The number of nitrogens with zero attached hydrogens (tertiary/aromatic N) is 3. The van der Waals surface area contributed by atoms with Crippen LogP contribution in [-0.2, 0) is 10.9 Å². The summed E-state index contributed by atoms with van der Waals surface area (Å²) >= 11 is 0. The van der Waals surface area contributed by atoms with E-state index in [0.29, 0.717) is 35.4 Å². The van der Waals surface area contributed by atoms with Gasteiger partial charge in [0.25, 0.3) is 0 Å². The number of fused-ring (bicyclic) bond motifs is 2. The number of hydrazine groups is 1. The van der Waals surface area contributed by atoms with Crippen molar-refractivity contribution >= 4 is 16.9 Å². The van der Waals surface area contributed by atoms with Crippen molar-refractivity contribution in [2.45, 2.75) is 52.1 Å². The first-order chi connectivity index (χ1) is 20.6. The van der Waals surface area contributed by atoms with Gasteiger partial charge >= 0.3 is 12.3 Å². The Morgan fingerprint density at radius 2 is 1.95 bits per heavy atom. The first-order valence-corrected chi connectivity index (χ1v) is 14.8. The van der Waals surface area contributed by atoms with Gasteiger partial charge in [-0.1, -0.05) is 25.1 Å². The highest BCUT2D eigenvalue weighted by Gasteiger charge is 2.39. The van der Waals surface area contributed by atoms with Crippen molar-refractivity contribution in [1.29, 1.82) is 0 Å². The Hall–Kier alpha value is -4.08. The van der Waals surface area contributed by atoms with Gasteiger partial charge in [0.05, 0.1) is 30.7 Å². The van der Waals surface area contributed by atoms with Gasteiger partial charge in [-0.15, -0.1) is 0 Å². The first kappa shape index (κ1) is 29.0. The number of amides is 1. The minimum absolute atomic E-state index is 0.244. The van der Waals surface area contributed by atoms with E-state index in [1.807, 2.05) is 0 Å². The number of ether oxygens (including phenoxy) is 2. The molecule has 0 aromatic heterocycles. The molecule has 4 aliphatic rings. The van der Waals surface area contributed by atoms with Crippen LogP contribution in [0.4, 0.5) is 18.0 Å². The molecule has 0 spiro atoms. The summed E-state index contributed by atoms with van der Waals surface area (Å²) in [6.45, 7) is 7.00. The van der Waals surface area contributed by atoms with Crippen molar-refractivity contribution in [3.63, 3.8) is 0 Å². The number of rotatable bonds is 5. The molecule has 228 valence electrons. The Bertz CT molecular complexity index is 1560. The SMILES string of the molecule is C/C1=C/OC=C2C(=C3CCCC4=C3N(CC4)CC1C)CN(C(=O)O)N2CCCOc1cccc2cc(C(F)(F)F)ccc12. The predicted octanol–water partition coefficient (Wildman–Crippen LogP) is 7.69. The highest BCUT2D eigenvalue weighted by Crippen LogP contribution is 2.44. The van der Waals surface area contributed by atoms with Crippen molar-refractivity contribution in [1.82, 2.24) is 14.9 Å². The zero-order chi connectivity index (χ0) is 30.3. The molecule has 1 fully saturated rings. The quantitative estimate of drug-likeness (QED) is 0.358. The van der Waals surface area contributed by atoms with Gasteiger partial charge in [0.2, 0.25) is 0 Å². The predicted molar refractivity (Wildman–Crippen MR) is 157 cm³/mol. The van der Waals surface area contributed by atoms with Gasteiger partial charge in [0.1, 0.15) is 12.0 Å². The summed E-state index contributed by atoms with van der Waals surface area (Å²) in [5, 5.41) is 14.3. The van der Waals surface area contributed by atoms with E-state index in [1.165, 1.54) is 27.9 Å². The summed E-state index contributed by atoms with van der Waals surface area (Å²) < 4.78 is 51.6. The number of halogens is 3. The molecule has 3 aliphatic heterocycles. The van der Waals surface area contributed by atoms with Gasteiger partial charge in [-0.05, 0) is 78.8 Å². The molecular weight excluding hydrogens is 559 g/mol. The van der Waals surface area contributed by atoms with Gasteiger partial charge in [0.15, 0.2) is 0 Å². The lowest BCUT2D eigenvalue weighted by Crippen LogP contribution is -2.40. The monoisotopic (exact) mass is 595 g/mol. The molecule has 1 atom stereocenters. The first-order valence-electron chi connectivity index (χ1n) is 14.8. The van der Waals surface area contributed by atoms with Crippen molar-refractivity contribution in [3.8, 4) is 5.75 Å². The molecule has 7 nitrogen and oxygen atoms in total.